The summed E-state index contributed by atoms with van der Waals surface area (Å²) in [7, 11) is 0. The van der Waals surface area contributed by atoms with Crippen LogP contribution >= 0.6 is 0 Å². The van der Waals surface area contributed by atoms with Gasteiger partial charge in [-0.2, -0.15) is 0 Å². The molecule has 0 saturated carbocycles. The normalized spacial score (nSPS) is 28.2. The lowest BCUT2D eigenvalue weighted by molar-refractivity contribution is -0.162. The highest BCUT2D eigenvalue weighted by molar-refractivity contribution is 5.75. The molecular formula is C18H24F3NO3. The van der Waals surface area contributed by atoms with Crippen molar-refractivity contribution in [2.45, 2.75) is 57.3 Å². The number of carbonyl (C=O) groups excluding carboxylic acids is 1. The summed E-state index contributed by atoms with van der Waals surface area (Å²) in [5, 5.41) is 0. The largest absolute Gasteiger partial charge is 0.459 e. The summed E-state index contributed by atoms with van der Waals surface area (Å²) in [6.45, 7) is 0.905. The van der Waals surface area contributed by atoms with Crippen molar-refractivity contribution in [3.8, 4) is 0 Å². The minimum atomic E-state index is -2.61. The van der Waals surface area contributed by atoms with Gasteiger partial charge in [-0.15, -0.1) is 0 Å². The van der Waals surface area contributed by atoms with Gasteiger partial charge in [-0.25, -0.2) is 13.2 Å². The Morgan fingerprint density at radius 2 is 1.96 bits per heavy atom. The van der Waals surface area contributed by atoms with Crippen molar-refractivity contribution in [1.29, 1.82) is 0 Å². The number of benzene rings is 1. The monoisotopic (exact) mass is 359 g/mol. The van der Waals surface area contributed by atoms with Crippen LogP contribution in [0.2, 0.25) is 0 Å². The van der Waals surface area contributed by atoms with Gasteiger partial charge in [0.2, 0.25) is 0 Å². The van der Waals surface area contributed by atoms with Gasteiger partial charge in [0.05, 0.1) is 6.10 Å². The molecule has 0 aliphatic carbocycles. The van der Waals surface area contributed by atoms with E-state index in [2.05, 4.69) is 0 Å². The highest BCUT2D eigenvalue weighted by atomic mass is 19.3. The molecule has 1 aromatic rings. The number of carbonyl (C=O) groups is 1. The predicted molar refractivity (Wildman–Crippen MR) is 86.7 cm³/mol. The molecule has 0 bridgehead atoms. The van der Waals surface area contributed by atoms with Crippen LogP contribution in [0.25, 0.3) is 0 Å². The molecule has 0 aromatic heterocycles. The van der Waals surface area contributed by atoms with Crippen LogP contribution in [0.15, 0.2) is 24.3 Å². The Morgan fingerprint density at radius 1 is 1.28 bits per heavy atom. The van der Waals surface area contributed by atoms with Gasteiger partial charge in [-0.1, -0.05) is 18.6 Å². The molecule has 140 valence electrons. The van der Waals surface area contributed by atoms with E-state index in [-0.39, 0.29) is 11.7 Å². The zero-order chi connectivity index (χ0) is 18.4. The molecule has 1 heterocycles. The second kappa shape index (κ2) is 9.20. The van der Waals surface area contributed by atoms with Crippen LogP contribution < -0.4 is 5.73 Å². The van der Waals surface area contributed by atoms with Crippen molar-refractivity contribution >= 4 is 5.97 Å². The van der Waals surface area contributed by atoms with Crippen LogP contribution in [0.1, 0.15) is 31.7 Å². The van der Waals surface area contributed by atoms with Crippen LogP contribution in [0.4, 0.5) is 13.2 Å². The molecule has 2 rings (SSSR count). The molecule has 7 heteroatoms. The molecule has 2 N–H and O–H groups in total. The SMILES string of the molecule is CC1OC(=O)C(N)CCCC(Cc2ccc(F)cc2)C1OCC(F)F. The van der Waals surface area contributed by atoms with Gasteiger partial charge in [-0.05, 0) is 49.8 Å². The molecule has 1 fully saturated rings. The van der Waals surface area contributed by atoms with Gasteiger partial charge in [0, 0.05) is 0 Å². The third kappa shape index (κ3) is 6.01. The summed E-state index contributed by atoms with van der Waals surface area (Å²) in [6, 6.07) is 5.32. The molecule has 1 aliphatic heterocycles. The summed E-state index contributed by atoms with van der Waals surface area (Å²) < 4.78 is 49.1. The first-order chi connectivity index (χ1) is 11.9. The molecule has 1 aromatic carbocycles. The van der Waals surface area contributed by atoms with E-state index < -0.39 is 37.3 Å². The summed E-state index contributed by atoms with van der Waals surface area (Å²) in [5.41, 5.74) is 6.66. The molecule has 4 atom stereocenters. The number of nitrogens with two attached hydrogens (primary N) is 1. The molecule has 1 saturated heterocycles. The van der Waals surface area contributed by atoms with Crippen molar-refractivity contribution in [3.63, 3.8) is 0 Å². The summed E-state index contributed by atoms with van der Waals surface area (Å²) in [6.07, 6.45) is -1.68. The van der Waals surface area contributed by atoms with Crippen LogP contribution in [-0.4, -0.2) is 37.3 Å². The highest BCUT2D eigenvalue weighted by Crippen LogP contribution is 2.27. The van der Waals surface area contributed by atoms with E-state index in [1.165, 1.54) is 12.1 Å². The first kappa shape index (κ1) is 19.7. The minimum Gasteiger partial charge on any atom is -0.459 e. The molecule has 0 spiro atoms. The Bertz CT molecular complexity index is 553. The van der Waals surface area contributed by atoms with Crippen molar-refractivity contribution in [2.24, 2.45) is 11.7 Å². The number of cyclic esters (lactones) is 1. The second-order valence-corrected chi connectivity index (χ2v) is 6.46. The maximum absolute atomic E-state index is 13.1. The smallest absolute Gasteiger partial charge is 0.323 e. The van der Waals surface area contributed by atoms with Crippen molar-refractivity contribution in [1.82, 2.24) is 0 Å². The lowest BCUT2D eigenvalue weighted by Crippen LogP contribution is -2.41. The van der Waals surface area contributed by atoms with Crippen LogP contribution in [0, 0.1) is 11.7 Å². The average Bonchev–Trinajstić information content (AvgIpc) is 2.59. The maximum atomic E-state index is 13.1. The maximum Gasteiger partial charge on any atom is 0.323 e. The number of esters is 1. The van der Waals surface area contributed by atoms with E-state index >= 15 is 0 Å². The van der Waals surface area contributed by atoms with Crippen LogP contribution in [0.3, 0.4) is 0 Å². The lowest BCUT2D eigenvalue weighted by Gasteiger charge is -2.31. The third-order valence-electron chi connectivity index (χ3n) is 4.45. The van der Waals surface area contributed by atoms with Gasteiger partial charge in [0.15, 0.2) is 0 Å². The number of hydrogen-bond acceptors (Lipinski definition) is 4. The van der Waals surface area contributed by atoms with Gasteiger partial charge >= 0.3 is 5.97 Å². The van der Waals surface area contributed by atoms with E-state index in [4.69, 9.17) is 15.2 Å². The molecule has 4 unspecified atom stereocenters. The van der Waals surface area contributed by atoms with E-state index in [1.54, 1.807) is 19.1 Å². The Labute approximate surface area is 145 Å². The van der Waals surface area contributed by atoms with Crippen LogP contribution in [0.5, 0.6) is 0 Å². The first-order valence-electron chi connectivity index (χ1n) is 8.47. The topological polar surface area (TPSA) is 61.5 Å². The summed E-state index contributed by atoms with van der Waals surface area (Å²) in [4.78, 5) is 11.9. The fraction of sp³-hybridized carbons (Fsp3) is 0.611. The van der Waals surface area contributed by atoms with E-state index in [1.807, 2.05) is 0 Å². The summed E-state index contributed by atoms with van der Waals surface area (Å²) >= 11 is 0. The Balaban J connectivity index is 2.18. The Morgan fingerprint density at radius 3 is 2.60 bits per heavy atom. The van der Waals surface area contributed by atoms with E-state index in [9.17, 15) is 18.0 Å². The fourth-order valence-electron chi connectivity index (χ4n) is 3.20. The number of halogens is 3. The van der Waals surface area contributed by atoms with Crippen molar-refractivity contribution in [3.05, 3.63) is 35.6 Å². The molecule has 25 heavy (non-hydrogen) atoms. The average molecular weight is 359 g/mol. The first-order valence-corrected chi connectivity index (χ1v) is 8.47. The molecule has 0 radical (unpaired) electrons. The number of alkyl halides is 2. The number of ether oxygens (including phenoxy) is 2. The van der Waals surface area contributed by atoms with Gasteiger partial charge < -0.3 is 15.2 Å². The Hall–Kier alpha value is -1.60. The molecule has 4 nitrogen and oxygen atoms in total. The van der Waals surface area contributed by atoms with E-state index in [0.29, 0.717) is 25.7 Å². The standard InChI is InChI=1S/C18H24F3NO3/c1-11-17(24-10-16(20)21)13(3-2-4-15(22)18(23)25-11)9-12-5-7-14(19)8-6-12/h5-8,11,13,15-17H,2-4,9-10,22H2,1H3. The van der Waals surface area contributed by atoms with Gasteiger partial charge in [0.25, 0.3) is 6.43 Å². The van der Waals surface area contributed by atoms with Gasteiger partial charge in [0.1, 0.15) is 24.6 Å². The molecular weight excluding hydrogens is 335 g/mol. The number of hydrogen-bond donors (Lipinski definition) is 1. The summed E-state index contributed by atoms with van der Waals surface area (Å²) in [5.74, 6) is -1.02. The zero-order valence-corrected chi connectivity index (χ0v) is 14.2. The highest BCUT2D eigenvalue weighted by Gasteiger charge is 2.34. The zero-order valence-electron chi connectivity index (χ0n) is 14.2. The Kier molecular flexibility index (Phi) is 7.25. The van der Waals surface area contributed by atoms with Crippen LogP contribution in [-0.2, 0) is 20.7 Å². The van der Waals surface area contributed by atoms with Crippen molar-refractivity contribution in [2.75, 3.05) is 6.61 Å². The third-order valence-corrected chi connectivity index (χ3v) is 4.45. The molecule has 1 aliphatic rings. The van der Waals surface area contributed by atoms with Gasteiger partial charge in [-0.3, -0.25) is 4.79 Å². The minimum absolute atomic E-state index is 0.141. The predicted octanol–water partition coefficient (Wildman–Crippen LogP) is 3.08. The number of rotatable bonds is 5. The molecule has 0 amide bonds. The van der Waals surface area contributed by atoms with Crippen molar-refractivity contribution < 1.29 is 27.4 Å². The lowest BCUT2D eigenvalue weighted by atomic mass is 9.87. The van der Waals surface area contributed by atoms with E-state index in [0.717, 1.165) is 5.56 Å². The fourth-order valence-corrected chi connectivity index (χ4v) is 3.20. The second-order valence-electron chi connectivity index (χ2n) is 6.46. The quantitative estimate of drug-likeness (QED) is 0.821.